The molecule has 0 aromatic heterocycles. The second-order valence-electron chi connectivity index (χ2n) is 7.08. The van der Waals surface area contributed by atoms with E-state index in [1.807, 2.05) is 24.3 Å². The number of anilines is 1. The van der Waals surface area contributed by atoms with Gasteiger partial charge in [-0.1, -0.05) is 22.9 Å². The molecule has 1 aliphatic heterocycles. The van der Waals surface area contributed by atoms with Crippen molar-refractivity contribution in [1.82, 2.24) is 15.5 Å². The molecule has 0 radical (unpaired) electrons. The zero-order chi connectivity index (χ0) is 19.1. The number of aliphatic imine (C=N–C) groups is 1. The standard InChI is InChI=1S/C19H30BrN5O.HI/c1-13(2)25-11-14(3)17(12-25)24-19(21-4)22-10-9-18(26)23-16-7-5-15(20)6-8-16;/h5-8,13-14,17H,9-12H2,1-4H3,(H,23,26)(H2,21,22,24);1H. The van der Waals surface area contributed by atoms with Gasteiger partial charge in [0.1, 0.15) is 0 Å². The fourth-order valence-corrected chi connectivity index (χ4v) is 3.30. The Labute approximate surface area is 188 Å². The van der Waals surface area contributed by atoms with Gasteiger partial charge in [0.2, 0.25) is 5.91 Å². The third kappa shape index (κ3) is 7.95. The molecule has 1 heterocycles. The number of benzene rings is 1. The molecule has 6 nitrogen and oxygen atoms in total. The molecule has 1 saturated heterocycles. The molecule has 1 aromatic carbocycles. The molecule has 3 N–H and O–H groups in total. The maximum absolute atomic E-state index is 12.1. The fraction of sp³-hybridized carbons (Fsp3) is 0.579. The first-order valence-corrected chi connectivity index (χ1v) is 9.95. The van der Waals surface area contributed by atoms with E-state index < -0.39 is 0 Å². The Balaban J connectivity index is 0.00000364. The lowest BCUT2D eigenvalue weighted by atomic mass is 10.1. The van der Waals surface area contributed by atoms with Gasteiger partial charge in [0.15, 0.2) is 5.96 Å². The van der Waals surface area contributed by atoms with E-state index in [1.54, 1.807) is 7.05 Å². The van der Waals surface area contributed by atoms with E-state index in [2.05, 4.69) is 62.5 Å². The first kappa shape index (κ1) is 24.2. The Hall–Kier alpha value is -0.870. The minimum Gasteiger partial charge on any atom is -0.356 e. The van der Waals surface area contributed by atoms with Crippen molar-refractivity contribution in [2.75, 3.05) is 32.0 Å². The van der Waals surface area contributed by atoms with Gasteiger partial charge in [0.05, 0.1) is 0 Å². The largest absolute Gasteiger partial charge is 0.356 e. The molecule has 2 unspecified atom stereocenters. The van der Waals surface area contributed by atoms with Gasteiger partial charge in [0.25, 0.3) is 0 Å². The molecule has 8 heteroatoms. The third-order valence-corrected chi connectivity index (χ3v) is 5.22. The molecule has 1 aliphatic rings. The minimum absolute atomic E-state index is 0. The van der Waals surface area contributed by atoms with Crippen LogP contribution >= 0.6 is 39.9 Å². The second kappa shape index (κ2) is 11.9. The number of nitrogens with one attached hydrogen (secondary N) is 3. The summed E-state index contributed by atoms with van der Waals surface area (Å²) in [6.45, 7) is 9.37. The van der Waals surface area contributed by atoms with Gasteiger partial charge in [-0.3, -0.25) is 14.7 Å². The van der Waals surface area contributed by atoms with Crippen molar-refractivity contribution in [3.63, 3.8) is 0 Å². The predicted octanol–water partition coefficient (Wildman–Crippen LogP) is 3.29. The van der Waals surface area contributed by atoms with E-state index in [1.165, 1.54) is 0 Å². The van der Waals surface area contributed by atoms with Crippen LogP contribution in [0.25, 0.3) is 0 Å². The van der Waals surface area contributed by atoms with Gasteiger partial charge in [-0.2, -0.15) is 0 Å². The van der Waals surface area contributed by atoms with Crippen molar-refractivity contribution in [3.8, 4) is 0 Å². The fourth-order valence-electron chi connectivity index (χ4n) is 3.04. The number of rotatable bonds is 6. The van der Waals surface area contributed by atoms with Crippen LogP contribution in [-0.4, -0.2) is 55.5 Å². The van der Waals surface area contributed by atoms with Crippen molar-refractivity contribution in [3.05, 3.63) is 28.7 Å². The molecule has 1 aromatic rings. The average Bonchev–Trinajstić information content (AvgIpc) is 2.97. The van der Waals surface area contributed by atoms with E-state index >= 15 is 0 Å². The highest BCUT2D eigenvalue weighted by molar-refractivity contribution is 14.0. The number of guanidine groups is 1. The number of carbonyl (C=O) groups is 1. The molecular formula is C19H31BrIN5O. The lowest BCUT2D eigenvalue weighted by Crippen LogP contribution is -2.47. The van der Waals surface area contributed by atoms with Gasteiger partial charge < -0.3 is 16.0 Å². The summed E-state index contributed by atoms with van der Waals surface area (Å²) in [6, 6.07) is 8.49. The minimum atomic E-state index is -0.0181. The van der Waals surface area contributed by atoms with Crippen LogP contribution in [0.3, 0.4) is 0 Å². The van der Waals surface area contributed by atoms with Gasteiger partial charge in [0, 0.05) is 55.3 Å². The zero-order valence-electron chi connectivity index (χ0n) is 16.5. The predicted molar refractivity (Wildman–Crippen MR) is 127 cm³/mol. The van der Waals surface area contributed by atoms with Crippen molar-refractivity contribution in [2.24, 2.45) is 10.9 Å². The lowest BCUT2D eigenvalue weighted by Gasteiger charge is -2.21. The molecule has 27 heavy (non-hydrogen) atoms. The Kier molecular flexibility index (Phi) is 10.6. The molecular weight excluding hydrogens is 521 g/mol. The molecule has 152 valence electrons. The summed E-state index contributed by atoms with van der Waals surface area (Å²) in [5.41, 5.74) is 0.800. The van der Waals surface area contributed by atoms with Gasteiger partial charge in [-0.05, 0) is 44.0 Å². The quantitative estimate of drug-likeness (QED) is 0.288. The number of likely N-dealkylation sites (tertiary alicyclic amines) is 1. The Bertz CT molecular complexity index is 623. The normalized spacial score (nSPS) is 20.3. The Morgan fingerprint density at radius 1 is 1.30 bits per heavy atom. The van der Waals surface area contributed by atoms with Crippen molar-refractivity contribution < 1.29 is 4.79 Å². The van der Waals surface area contributed by atoms with E-state index in [-0.39, 0.29) is 29.9 Å². The number of halogens is 2. The Morgan fingerprint density at radius 3 is 2.52 bits per heavy atom. The molecule has 0 saturated carbocycles. The van der Waals surface area contributed by atoms with Crippen LogP contribution in [0.5, 0.6) is 0 Å². The molecule has 0 bridgehead atoms. The topological polar surface area (TPSA) is 68.8 Å². The van der Waals surface area contributed by atoms with Crippen LogP contribution < -0.4 is 16.0 Å². The van der Waals surface area contributed by atoms with Gasteiger partial charge in [-0.25, -0.2) is 0 Å². The summed E-state index contributed by atoms with van der Waals surface area (Å²) in [6.07, 6.45) is 0.384. The highest BCUT2D eigenvalue weighted by Crippen LogP contribution is 2.18. The van der Waals surface area contributed by atoms with Crippen LogP contribution in [0, 0.1) is 5.92 Å². The highest BCUT2D eigenvalue weighted by Gasteiger charge is 2.31. The van der Waals surface area contributed by atoms with E-state index in [4.69, 9.17) is 0 Å². The number of amides is 1. The summed E-state index contributed by atoms with van der Waals surface area (Å²) in [7, 11) is 1.76. The molecule has 0 aliphatic carbocycles. The molecule has 2 atom stereocenters. The van der Waals surface area contributed by atoms with Crippen LogP contribution in [0.15, 0.2) is 33.7 Å². The zero-order valence-corrected chi connectivity index (χ0v) is 20.4. The van der Waals surface area contributed by atoms with E-state index in [0.29, 0.717) is 31.0 Å². The SMILES string of the molecule is CN=C(NCCC(=O)Nc1ccc(Br)cc1)NC1CN(C(C)C)CC1C.I. The first-order chi connectivity index (χ1) is 12.4. The number of hydrogen-bond donors (Lipinski definition) is 3. The number of nitrogens with zero attached hydrogens (tertiary/aromatic N) is 2. The summed E-state index contributed by atoms with van der Waals surface area (Å²) in [4.78, 5) is 18.8. The van der Waals surface area contributed by atoms with Crippen LogP contribution in [0.2, 0.25) is 0 Å². The van der Waals surface area contributed by atoms with Gasteiger partial charge >= 0.3 is 0 Å². The Morgan fingerprint density at radius 2 is 1.96 bits per heavy atom. The third-order valence-electron chi connectivity index (χ3n) is 4.69. The van der Waals surface area contributed by atoms with Crippen LogP contribution in [0.4, 0.5) is 5.69 Å². The molecule has 0 spiro atoms. The van der Waals surface area contributed by atoms with Gasteiger partial charge in [-0.15, -0.1) is 24.0 Å². The summed E-state index contributed by atoms with van der Waals surface area (Å²) in [5, 5.41) is 9.62. The molecule has 1 fully saturated rings. The second-order valence-corrected chi connectivity index (χ2v) is 8.00. The average molecular weight is 552 g/mol. The van der Waals surface area contributed by atoms with Crippen molar-refractivity contribution in [1.29, 1.82) is 0 Å². The van der Waals surface area contributed by atoms with Crippen LogP contribution in [-0.2, 0) is 4.79 Å². The van der Waals surface area contributed by atoms with E-state index in [0.717, 1.165) is 29.2 Å². The lowest BCUT2D eigenvalue weighted by molar-refractivity contribution is -0.116. The summed E-state index contributed by atoms with van der Waals surface area (Å²) >= 11 is 3.38. The van der Waals surface area contributed by atoms with Crippen molar-refractivity contribution >= 4 is 57.5 Å². The smallest absolute Gasteiger partial charge is 0.226 e. The van der Waals surface area contributed by atoms with Crippen molar-refractivity contribution in [2.45, 2.75) is 39.3 Å². The summed E-state index contributed by atoms with van der Waals surface area (Å²) < 4.78 is 0.990. The molecule has 1 amide bonds. The highest BCUT2D eigenvalue weighted by atomic mass is 127. The maximum atomic E-state index is 12.1. The van der Waals surface area contributed by atoms with Crippen LogP contribution in [0.1, 0.15) is 27.2 Å². The summed E-state index contributed by atoms with van der Waals surface area (Å²) in [5.74, 6) is 1.30. The first-order valence-electron chi connectivity index (χ1n) is 9.15. The number of hydrogen-bond acceptors (Lipinski definition) is 3. The molecule has 2 rings (SSSR count). The van der Waals surface area contributed by atoms with E-state index in [9.17, 15) is 4.79 Å². The maximum Gasteiger partial charge on any atom is 0.226 e. The monoisotopic (exact) mass is 551 g/mol. The number of carbonyl (C=O) groups excluding carboxylic acids is 1.